The van der Waals surface area contributed by atoms with E-state index in [0.29, 0.717) is 0 Å². The van der Waals surface area contributed by atoms with Gasteiger partial charge in [-0.2, -0.15) is 13.2 Å². The second-order valence-corrected chi connectivity index (χ2v) is 6.47. The van der Waals surface area contributed by atoms with Crippen molar-refractivity contribution in [2.24, 2.45) is 0 Å². The Labute approximate surface area is 169 Å². The van der Waals surface area contributed by atoms with Crippen LogP contribution in [0.4, 0.5) is 17.6 Å². The van der Waals surface area contributed by atoms with Gasteiger partial charge in [0.1, 0.15) is 5.82 Å². The molecule has 0 bridgehead atoms. The van der Waals surface area contributed by atoms with E-state index in [9.17, 15) is 17.6 Å². The molecule has 1 heterocycles. The van der Waals surface area contributed by atoms with Crippen LogP contribution in [-0.4, -0.2) is 53.2 Å². The molecular weight excluding hydrogens is 408 g/mol. The van der Waals surface area contributed by atoms with Gasteiger partial charge in [-0.15, -0.1) is 0 Å². The zero-order valence-electron chi connectivity index (χ0n) is 15.7. The highest BCUT2D eigenvalue weighted by atomic mass is 19.4. The fourth-order valence-corrected chi connectivity index (χ4v) is 3.05. The molecule has 30 heavy (non-hydrogen) atoms. The van der Waals surface area contributed by atoms with Crippen molar-refractivity contribution in [2.75, 3.05) is 26.2 Å². The van der Waals surface area contributed by atoms with Gasteiger partial charge in [-0.25, -0.2) is 14.0 Å². The highest BCUT2D eigenvalue weighted by Gasteiger charge is 2.31. The highest BCUT2D eigenvalue weighted by Crippen LogP contribution is 2.33. The van der Waals surface area contributed by atoms with E-state index in [-0.39, 0.29) is 11.9 Å². The van der Waals surface area contributed by atoms with Crippen LogP contribution in [-0.2, 0) is 15.8 Å². The van der Waals surface area contributed by atoms with Gasteiger partial charge in [-0.1, -0.05) is 24.3 Å². The fourth-order valence-electron chi connectivity index (χ4n) is 3.05. The molecule has 0 aromatic heterocycles. The van der Waals surface area contributed by atoms with Gasteiger partial charge in [0.05, 0.1) is 11.6 Å². The second kappa shape index (κ2) is 10.2. The molecule has 0 saturated carbocycles. The Kier molecular flexibility index (Phi) is 7.90. The number of carbonyl (C=O) groups is 2. The first-order chi connectivity index (χ1) is 14.1. The second-order valence-electron chi connectivity index (χ2n) is 6.47. The number of benzene rings is 2. The summed E-state index contributed by atoms with van der Waals surface area (Å²) in [6.07, 6.45) is -4.35. The minimum Gasteiger partial charge on any atom is -0.473 e. The summed E-state index contributed by atoms with van der Waals surface area (Å²) in [6, 6.07) is 11.2. The maximum absolute atomic E-state index is 13.2. The lowest BCUT2D eigenvalue weighted by molar-refractivity contribution is -0.159. The average molecular weight is 428 g/mol. The first-order valence-corrected chi connectivity index (χ1v) is 8.93. The molecule has 6 nitrogen and oxygen atoms in total. The Morgan fingerprint density at radius 2 is 1.30 bits per heavy atom. The molecule has 0 radical (unpaired) electrons. The number of carboxylic acids is 2. The third kappa shape index (κ3) is 6.53. The third-order valence-electron chi connectivity index (χ3n) is 4.44. The molecule has 3 rings (SSSR count). The quantitative estimate of drug-likeness (QED) is 0.515. The van der Waals surface area contributed by atoms with E-state index in [4.69, 9.17) is 19.8 Å². The minimum absolute atomic E-state index is 0.185. The van der Waals surface area contributed by atoms with Crippen LogP contribution in [0, 0.1) is 5.82 Å². The molecular formula is C20H20F4N2O4. The van der Waals surface area contributed by atoms with Gasteiger partial charge < -0.3 is 15.5 Å². The van der Waals surface area contributed by atoms with Crippen LogP contribution < -0.4 is 5.32 Å². The van der Waals surface area contributed by atoms with Gasteiger partial charge in [0.2, 0.25) is 0 Å². The van der Waals surface area contributed by atoms with Crippen molar-refractivity contribution in [1.82, 2.24) is 10.2 Å². The van der Waals surface area contributed by atoms with Crippen molar-refractivity contribution in [3.63, 3.8) is 0 Å². The monoisotopic (exact) mass is 428 g/mol. The molecule has 1 unspecified atom stereocenters. The molecule has 1 aliphatic heterocycles. The van der Waals surface area contributed by atoms with Crippen LogP contribution in [0.15, 0.2) is 48.5 Å². The van der Waals surface area contributed by atoms with E-state index < -0.39 is 23.7 Å². The first-order valence-electron chi connectivity index (χ1n) is 8.93. The summed E-state index contributed by atoms with van der Waals surface area (Å²) in [6.45, 7) is 3.20. The van der Waals surface area contributed by atoms with Crippen LogP contribution in [0.1, 0.15) is 22.7 Å². The lowest BCUT2D eigenvalue weighted by atomic mass is 9.95. The molecule has 3 N–H and O–H groups in total. The van der Waals surface area contributed by atoms with Crippen LogP contribution in [0.2, 0.25) is 0 Å². The van der Waals surface area contributed by atoms with Crippen LogP contribution in [0.3, 0.4) is 0 Å². The Bertz CT molecular complexity index is 837. The Morgan fingerprint density at radius 1 is 0.867 bits per heavy atom. The lowest BCUT2D eigenvalue weighted by Gasteiger charge is -2.35. The molecule has 0 amide bonds. The number of aliphatic carboxylic acids is 2. The van der Waals surface area contributed by atoms with E-state index in [2.05, 4.69) is 10.2 Å². The van der Waals surface area contributed by atoms with Crippen molar-refractivity contribution in [3.05, 3.63) is 71.0 Å². The van der Waals surface area contributed by atoms with Crippen LogP contribution >= 0.6 is 0 Å². The highest BCUT2D eigenvalue weighted by molar-refractivity contribution is 6.27. The summed E-state index contributed by atoms with van der Waals surface area (Å²) < 4.78 is 51.6. The van der Waals surface area contributed by atoms with Gasteiger partial charge in [0.15, 0.2) is 0 Å². The number of nitrogens with zero attached hydrogens (tertiary/aromatic N) is 1. The smallest absolute Gasteiger partial charge is 0.416 e. The SMILES string of the molecule is Fc1ccc(C(c2ccc(C(F)(F)F)cc2)N2CCNCC2)cc1.O=C(O)C(=O)O. The van der Waals surface area contributed by atoms with E-state index >= 15 is 0 Å². The molecule has 2 aromatic rings. The summed E-state index contributed by atoms with van der Waals surface area (Å²) >= 11 is 0. The topological polar surface area (TPSA) is 89.9 Å². The molecule has 1 fully saturated rings. The first kappa shape index (κ1) is 23.3. The van der Waals surface area contributed by atoms with E-state index in [0.717, 1.165) is 49.4 Å². The number of halogens is 4. The standard InChI is InChI=1S/C18H18F4N2.C2H2O4/c19-16-7-3-14(4-8-16)17(24-11-9-23-10-12-24)13-1-5-15(6-2-13)18(20,21)22;3-1(4)2(5)6/h1-8,17,23H,9-12H2;(H,3,4)(H,5,6). The molecule has 0 aliphatic carbocycles. The molecule has 10 heteroatoms. The lowest BCUT2D eigenvalue weighted by Crippen LogP contribution is -2.45. The molecule has 1 saturated heterocycles. The molecule has 162 valence electrons. The predicted molar refractivity (Wildman–Crippen MR) is 99.4 cm³/mol. The van der Waals surface area contributed by atoms with Gasteiger partial charge in [-0.3, -0.25) is 4.90 Å². The largest absolute Gasteiger partial charge is 0.473 e. The Hall–Kier alpha value is -2.98. The maximum atomic E-state index is 13.2. The molecule has 1 atom stereocenters. The number of piperazine rings is 1. The van der Waals surface area contributed by atoms with Gasteiger partial charge in [0.25, 0.3) is 0 Å². The molecule has 2 aromatic carbocycles. The summed E-state index contributed by atoms with van der Waals surface area (Å²) in [5, 5.41) is 18.0. The zero-order chi connectivity index (χ0) is 22.3. The fraction of sp³-hybridized carbons (Fsp3) is 0.300. The normalized spacial score (nSPS) is 15.6. The number of rotatable bonds is 3. The zero-order valence-corrected chi connectivity index (χ0v) is 15.7. The average Bonchev–Trinajstić information content (AvgIpc) is 2.71. The minimum atomic E-state index is -4.35. The van der Waals surface area contributed by atoms with Crippen molar-refractivity contribution in [1.29, 1.82) is 0 Å². The van der Waals surface area contributed by atoms with Crippen molar-refractivity contribution in [3.8, 4) is 0 Å². The van der Waals surface area contributed by atoms with E-state index in [1.54, 1.807) is 12.1 Å². The van der Waals surface area contributed by atoms with Crippen LogP contribution in [0.25, 0.3) is 0 Å². The van der Waals surface area contributed by atoms with Crippen molar-refractivity contribution in [2.45, 2.75) is 12.2 Å². The predicted octanol–water partition coefficient (Wildman–Crippen LogP) is 2.99. The molecule has 1 aliphatic rings. The van der Waals surface area contributed by atoms with Gasteiger partial charge >= 0.3 is 18.1 Å². The number of carboxylic acid groups (broad SMARTS) is 2. The number of nitrogens with one attached hydrogen (secondary N) is 1. The van der Waals surface area contributed by atoms with Crippen molar-refractivity contribution < 1.29 is 37.4 Å². The number of hydrogen-bond acceptors (Lipinski definition) is 4. The van der Waals surface area contributed by atoms with Crippen LogP contribution in [0.5, 0.6) is 0 Å². The van der Waals surface area contributed by atoms with Gasteiger partial charge in [-0.05, 0) is 35.4 Å². The summed E-state index contributed by atoms with van der Waals surface area (Å²) in [5.41, 5.74) is 0.985. The summed E-state index contributed by atoms with van der Waals surface area (Å²) in [5.74, 6) is -3.98. The van der Waals surface area contributed by atoms with Crippen molar-refractivity contribution >= 4 is 11.9 Å². The third-order valence-corrected chi connectivity index (χ3v) is 4.44. The summed E-state index contributed by atoms with van der Waals surface area (Å²) in [7, 11) is 0. The molecule has 0 spiro atoms. The van der Waals surface area contributed by atoms with E-state index in [1.165, 1.54) is 24.3 Å². The number of hydrogen-bond donors (Lipinski definition) is 3. The maximum Gasteiger partial charge on any atom is 0.416 e. The van der Waals surface area contributed by atoms with E-state index in [1.807, 2.05) is 0 Å². The van der Waals surface area contributed by atoms with Gasteiger partial charge in [0, 0.05) is 26.2 Å². The summed E-state index contributed by atoms with van der Waals surface area (Å²) in [4.78, 5) is 20.4. The number of alkyl halides is 3. The Balaban J connectivity index is 0.000000469. The Morgan fingerprint density at radius 3 is 1.70 bits per heavy atom.